The number of carbonyl (C=O) groups is 2. The zero-order valence-electron chi connectivity index (χ0n) is 10.2. The van der Waals surface area contributed by atoms with Crippen LogP contribution >= 0.6 is 0 Å². The predicted molar refractivity (Wildman–Crippen MR) is 72.1 cm³/mol. The van der Waals surface area contributed by atoms with Crippen LogP contribution in [-0.2, 0) is 11.2 Å². The van der Waals surface area contributed by atoms with Crippen LogP contribution in [0.4, 0.5) is 5.69 Å². The number of benzene rings is 2. The van der Waals surface area contributed by atoms with Gasteiger partial charge in [0.25, 0.3) is 0 Å². The van der Waals surface area contributed by atoms with Crippen LogP contribution in [0.25, 0.3) is 0 Å². The number of hydrogen-bond acceptors (Lipinski definition) is 3. The topological polar surface area (TPSA) is 80.4 Å². The molecule has 0 aliphatic rings. The monoisotopic (exact) mass is 255 g/mol. The van der Waals surface area contributed by atoms with Gasteiger partial charge in [0.1, 0.15) is 0 Å². The molecule has 0 aromatic heterocycles. The molecule has 2 aromatic carbocycles. The third-order valence-corrected chi connectivity index (χ3v) is 2.76. The molecule has 0 atom stereocenters. The first-order chi connectivity index (χ1) is 9.08. The molecule has 3 N–H and O–H groups in total. The maximum atomic E-state index is 12.4. The van der Waals surface area contributed by atoms with Crippen molar-refractivity contribution in [3.05, 3.63) is 65.2 Å². The summed E-state index contributed by atoms with van der Waals surface area (Å²) < 4.78 is 0. The van der Waals surface area contributed by atoms with Crippen molar-refractivity contribution in [3.8, 4) is 0 Å². The molecule has 0 saturated carbocycles. The third-order valence-electron chi connectivity index (χ3n) is 2.76. The summed E-state index contributed by atoms with van der Waals surface area (Å²) in [5, 5.41) is 8.87. The summed E-state index contributed by atoms with van der Waals surface area (Å²) in [5.41, 5.74) is 7.44. The molecule has 0 amide bonds. The Morgan fingerprint density at radius 1 is 1.05 bits per heavy atom. The first kappa shape index (κ1) is 12.8. The standard InChI is InChI=1S/C15H13NO3/c16-12-7-6-11(8-14(17)18)13(9-12)15(19)10-4-2-1-3-5-10/h1-7,9H,8,16H2,(H,17,18). The zero-order chi connectivity index (χ0) is 13.8. The highest BCUT2D eigenvalue weighted by atomic mass is 16.4. The van der Waals surface area contributed by atoms with Crippen molar-refractivity contribution in [1.29, 1.82) is 0 Å². The van der Waals surface area contributed by atoms with Crippen molar-refractivity contribution >= 4 is 17.4 Å². The minimum absolute atomic E-state index is 0.200. The molecule has 4 heteroatoms. The fourth-order valence-electron chi connectivity index (χ4n) is 1.87. The molecule has 96 valence electrons. The fourth-order valence-corrected chi connectivity index (χ4v) is 1.87. The van der Waals surface area contributed by atoms with Crippen molar-refractivity contribution in [2.75, 3.05) is 5.73 Å². The Morgan fingerprint density at radius 3 is 2.37 bits per heavy atom. The van der Waals surface area contributed by atoms with Gasteiger partial charge in [-0.05, 0) is 17.7 Å². The van der Waals surface area contributed by atoms with E-state index in [1.165, 1.54) is 6.07 Å². The van der Waals surface area contributed by atoms with Crippen molar-refractivity contribution in [3.63, 3.8) is 0 Å². The number of carbonyl (C=O) groups excluding carboxylic acids is 1. The van der Waals surface area contributed by atoms with Gasteiger partial charge < -0.3 is 10.8 Å². The van der Waals surface area contributed by atoms with E-state index in [1.54, 1.807) is 36.4 Å². The molecule has 0 saturated heterocycles. The van der Waals surface area contributed by atoms with Gasteiger partial charge in [-0.2, -0.15) is 0 Å². The van der Waals surface area contributed by atoms with Crippen molar-refractivity contribution < 1.29 is 14.7 Å². The minimum Gasteiger partial charge on any atom is -0.481 e. The summed E-state index contributed by atoms with van der Waals surface area (Å²) in [6.07, 6.45) is -0.200. The van der Waals surface area contributed by atoms with Crippen LogP contribution in [0.2, 0.25) is 0 Å². The number of hydrogen-bond donors (Lipinski definition) is 2. The highest BCUT2D eigenvalue weighted by molar-refractivity contribution is 6.10. The molecule has 2 aromatic rings. The number of nitrogen functional groups attached to an aromatic ring is 1. The second-order valence-corrected chi connectivity index (χ2v) is 4.18. The average molecular weight is 255 g/mol. The number of ketones is 1. The number of carboxylic acid groups (broad SMARTS) is 1. The lowest BCUT2D eigenvalue weighted by atomic mass is 9.96. The van der Waals surface area contributed by atoms with Crippen LogP contribution in [0.1, 0.15) is 21.5 Å². The van der Waals surface area contributed by atoms with E-state index in [4.69, 9.17) is 10.8 Å². The molecule has 2 rings (SSSR count). The summed E-state index contributed by atoms with van der Waals surface area (Å²) in [5.74, 6) is -1.20. The Labute approximate surface area is 110 Å². The third kappa shape index (κ3) is 2.98. The van der Waals surface area contributed by atoms with Crippen molar-refractivity contribution in [2.45, 2.75) is 6.42 Å². The van der Waals surface area contributed by atoms with Crippen LogP contribution in [0.15, 0.2) is 48.5 Å². The lowest BCUT2D eigenvalue weighted by Crippen LogP contribution is -2.10. The minimum atomic E-state index is -0.980. The molecule has 0 unspecified atom stereocenters. The lowest BCUT2D eigenvalue weighted by molar-refractivity contribution is -0.136. The predicted octanol–water partition coefficient (Wildman–Crippen LogP) is 2.13. The Kier molecular flexibility index (Phi) is 3.61. The average Bonchev–Trinajstić information content (AvgIpc) is 2.40. The second kappa shape index (κ2) is 5.35. The molecule has 0 fully saturated rings. The van der Waals surface area contributed by atoms with Gasteiger partial charge in [-0.15, -0.1) is 0 Å². The highest BCUT2D eigenvalue weighted by Gasteiger charge is 2.15. The van der Waals surface area contributed by atoms with E-state index < -0.39 is 5.97 Å². The Hall–Kier alpha value is -2.62. The number of anilines is 1. The van der Waals surface area contributed by atoms with Gasteiger partial charge in [-0.3, -0.25) is 9.59 Å². The smallest absolute Gasteiger partial charge is 0.307 e. The summed E-state index contributed by atoms with van der Waals surface area (Å²) in [6, 6.07) is 13.4. The van der Waals surface area contributed by atoms with E-state index in [9.17, 15) is 9.59 Å². The quantitative estimate of drug-likeness (QED) is 0.647. The molecule has 0 heterocycles. The molecule has 0 aliphatic carbocycles. The van der Waals surface area contributed by atoms with E-state index in [-0.39, 0.29) is 12.2 Å². The maximum absolute atomic E-state index is 12.4. The van der Waals surface area contributed by atoms with Crippen molar-refractivity contribution in [1.82, 2.24) is 0 Å². The van der Waals surface area contributed by atoms with Gasteiger partial charge in [0.15, 0.2) is 5.78 Å². The number of aliphatic carboxylic acids is 1. The Bertz CT molecular complexity index is 621. The summed E-state index contributed by atoms with van der Waals surface area (Å²) in [6.45, 7) is 0. The second-order valence-electron chi connectivity index (χ2n) is 4.18. The number of carboxylic acids is 1. The lowest BCUT2D eigenvalue weighted by Gasteiger charge is -2.08. The fraction of sp³-hybridized carbons (Fsp3) is 0.0667. The van der Waals surface area contributed by atoms with E-state index in [1.807, 2.05) is 6.07 Å². The van der Waals surface area contributed by atoms with Gasteiger partial charge in [0.2, 0.25) is 0 Å². The zero-order valence-corrected chi connectivity index (χ0v) is 10.2. The van der Waals surface area contributed by atoms with E-state index in [0.717, 1.165) is 0 Å². The molecule has 0 aliphatic heterocycles. The molecule has 0 bridgehead atoms. The summed E-state index contributed by atoms with van der Waals surface area (Å²) in [7, 11) is 0. The summed E-state index contributed by atoms with van der Waals surface area (Å²) in [4.78, 5) is 23.2. The van der Waals surface area contributed by atoms with Crippen LogP contribution in [0.5, 0.6) is 0 Å². The van der Waals surface area contributed by atoms with Gasteiger partial charge in [-0.25, -0.2) is 0 Å². The van der Waals surface area contributed by atoms with E-state index in [2.05, 4.69) is 0 Å². The van der Waals surface area contributed by atoms with Gasteiger partial charge in [-0.1, -0.05) is 36.4 Å². The largest absolute Gasteiger partial charge is 0.481 e. The Morgan fingerprint density at radius 2 is 1.74 bits per heavy atom. The molecular weight excluding hydrogens is 242 g/mol. The SMILES string of the molecule is Nc1ccc(CC(=O)O)c(C(=O)c2ccccc2)c1. The summed E-state index contributed by atoms with van der Waals surface area (Å²) >= 11 is 0. The highest BCUT2D eigenvalue weighted by Crippen LogP contribution is 2.18. The molecule has 19 heavy (non-hydrogen) atoms. The van der Waals surface area contributed by atoms with Crippen molar-refractivity contribution in [2.24, 2.45) is 0 Å². The van der Waals surface area contributed by atoms with Gasteiger partial charge >= 0.3 is 5.97 Å². The van der Waals surface area contributed by atoms with Gasteiger partial charge in [0, 0.05) is 16.8 Å². The first-order valence-electron chi connectivity index (χ1n) is 5.78. The first-order valence-corrected chi connectivity index (χ1v) is 5.78. The molecule has 4 nitrogen and oxygen atoms in total. The van der Waals surface area contributed by atoms with E-state index >= 15 is 0 Å². The molecular formula is C15H13NO3. The van der Waals surface area contributed by atoms with Crippen LogP contribution in [0.3, 0.4) is 0 Å². The number of nitrogens with two attached hydrogens (primary N) is 1. The normalized spacial score (nSPS) is 10.1. The van der Waals surface area contributed by atoms with Crippen LogP contribution < -0.4 is 5.73 Å². The molecule has 0 radical (unpaired) electrons. The number of rotatable bonds is 4. The van der Waals surface area contributed by atoms with Crippen LogP contribution in [-0.4, -0.2) is 16.9 Å². The van der Waals surface area contributed by atoms with E-state index in [0.29, 0.717) is 22.4 Å². The molecule has 0 spiro atoms. The Balaban J connectivity index is 2.45. The van der Waals surface area contributed by atoms with Gasteiger partial charge in [0.05, 0.1) is 6.42 Å². The maximum Gasteiger partial charge on any atom is 0.307 e. The van der Waals surface area contributed by atoms with Crippen LogP contribution in [0, 0.1) is 0 Å².